The van der Waals surface area contributed by atoms with Gasteiger partial charge in [-0.1, -0.05) is 26.7 Å². The summed E-state index contributed by atoms with van der Waals surface area (Å²) in [4.78, 5) is 0. The van der Waals surface area contributed by atoms with E-state index in [4.69, 9.17) is 19.9 Å². The molecule has 0 fully saturated rings. The van der Waals surface area contributed by atoms with Gasteiger partial charge in [-0.05, 0) is 37.0 Å². The monoisotopic (exact) mass is 295 g/mol. The van der Waals surface area contributed by atoms with Crippen molar-refractivity contribution in [2.24, 2.45) is 11.7 Å². The summed E-state index contributed by atoms with van der Waals surface area (Å²) in [5.41, 5.74) is 6.96. The molecule has 0 bridgehead atoms. The number of benzene rings is 1. The molecule has 4 nitrogen and oxygen atoms in total. The van der Waals surface area contributed by atoms with Crippen LogP contribution in [0.1, 0.15) is 39.2 Å². The fourth-order valence-corrected chi connectivity index (χ4v) is 2.29. The summed E-state index contributed by atoms with van der Waals surface area (Å²) >= 11 is 0. The van der Waals surface area contributed by atoms with Crippen molar-refractivity contribution >= 4 is 0 Å². The Balaban J connectivity index is 3.00. The number of hydrogen-bond donors (Lipinski definition) is 1. The zero-order valence-electron chi connectivity index (χ0n) is 13.9. The first-order valence-corrected chi connectivity index (χ1v) is 7.68. The van der Waals surface area contributed by atoms with Crippen LogP contribution in [0.15, 0.2) is 12.1 Å². The maximum Gasteiger partial charge on any atom is 0.203 e. The minimum atomic E-state index is 0.0933. The summed E-state index contributed by atoms with van der Waals surface area (Å²) in [6, 6.07) is 4.05. The molecule has 0 saturated carbocycles. The van der Waals surface area contributed by atoms with Crippen molar-refractivity contribution in [1.29, 1.82) is 0 Å². The Morgan fingerprint density at radius 2 is 1.57 bits per heavy atom. The van der Waals surface area contributed by atoms with Gasteiger partial charge in [-0.25, -0.2) is 0 Å². The summed E-state index contributed by atoms with van der Waals surface area (Å²) in [5, 5.41) is 0. The topological polar surface area (TPSA) is 53.7 Å². The first kappa shape index (κ1) is 17.6. The molecule has 0 aliphatic carbocycles. The molecule has 1 aromatic rings. The van der Waals surface area contributed by atoms with Gasteiger partial charge in [0.25, 0.3) is 0 Å². The molecule has 0 aromatic heterocycles. The smallest absolute Gasteiger partial charge is 0.203 e. The van der Waals surface area contributed by atoms with Crippen LogP contribution in [0.25, 0.3) is 0 Å². The Labute approximate surface area is 128 Å². The van der Waals surface area contributed by atoms with E-state index in [2.05, 4.69) is 13.8 Å². The first-order valence-electron chi connectivity index (χ1n) is 7.68. The van der Waals surface area contributed by atoms with E-state index in [-0.39, 0.29) is 6.04 Å². The number of nitrogens with two attached hydrogens (primary N) is 1. The molecule has 0 spiro atoms. The van der Waals surface area contributed by atoms with Gasteiger partial charge in [0, 0.05) is 6.04 Å². The highest BCUT2D eigenvalue weighted by Gasteiger charge is 2.16. The molecule has 0 aliphatic rings. The molecule has 0 radical (unpaired) electrons. The summed E-state index contributed by atoms with van der Waals surface area (Å²) in [5.74, 6) is 2.63. The third kappa shape index (κ3) is 5.12. The van der Waals surface area contributed by atoms with Crippen LogP contribution in [0, 0.1) is 5.92 Å². The standard InChI is InChI=1S/C17H29NO3/c1-6-13(7-2)11-21-17-15(19-4)9-14(8-12(3)18)10-16(17)20-5/h9-10,12-13H,6-8,11,18H2,1-5H3. The van der Waals surface area contributed by atoms with Gasteiger partial charge in [-0.15, -0.1) is 0 Å². The van der Waals surface area contributed by atoms with Crippen LogP contribution in [0.2, 0.25) is 0 Å². The second-order valence-electron chi connectivity index (χ2n) is 5.50. The molecule has 0 amide bonds. The van der Waals surface area contributed by atoms with Gasteiger partial charge in [0.05, 0.1) is 20.8 Å². The van der Waals surface area contributed by atoms with Crippen molar-refractivity contribution in [2.45, 2.75) is 46.1 Å². The maximum atomic E-state index is 5.97. The van der Waals surface area contributed by atoms with E-state index >= 15 is 0 Å². The largest absolute Gasteiger partial charge is 0.493 e. The minimum Gasteiger partial charge on any atom is -0.493 e. The zero-order valence-corrected chi connectivity index (χ0v) is 13.9. The lowest BCUT2D eigenvalue weighted by atomic mass is 10.0. The quantitative estimate of drug-likeness (QED) is 0.758. The third-order valence-corrected chi connectivity index (χ3v) is 3.70. The third-order valence-electron chi connectivity index (χ3n) is 3.70. The summed E-state index contributed by atoms with van der Waals surface area (Å²) in [6.07, 6.45) is 2.98. The van der Waals surface area contributed by atoms with E-state index in [1.54, 1.807) is 14.2 Å². The highest BCUT2D eigenvalue weighted by molar-refractivity contribution is 5.54. The Morgan fingerprint density at radius 3 is 1.95 bits per heavy atom. The van der Waals surface area contributed by atoms with Crippen LogP contribution < -0.4 is 19.9 Å². The lowest BCUT2D eigenvalue weighted by Gasteiger charge is -2.19. The van der Waals surface area contributed by atoms with E-state index in [1.807, 2.05) is 19.1 Å². The Kier molecular flexibility index (Phi) is 7.37. The molecule has 0 aliphatic heterocycles. The molecule has 21 heavy (non-hydrogen) atoms. The second kappa shape index (κ2) is 8.78. The first-order chi connectivity index (χ1) is 10.0. The highest BCUT2D eigenvalue weighted by atomic mass is 16.5. The molecule has 1 aromatic carbocycles. The van der Waals surface area contributed by atoms with Gasteiger partial charge in [-0.3, -0.25) is 0 Å². The van der Waals surface area contributed by atoms with E-state index in [0.29, 0.717) is 29.8 Å². The van der Waals surface area contributed by atoms with Crippen LogP contribution in [-0.2, 0) is 6.42 Å². The lowest BCUT2D eigenvalue weighted by molar-refractivity contribution is 0.220. The van der Waals surface area contributed by atoms with E-state index in [9.17, 15) is 0 Å². The Hall–Kier alpha value is -1.42. The second-order valence-corrected chi connectivity index (χ2v) is 5.50. The van der Waals surface area contributed by atoms with Gasteiger partial charge in [-0.2, -0.15) is 0 Å². The fourth-order valence-electron chi connectivity index (χ4n) is 2.29. The van der Waals surface area contributed by atoms with Crippen LogP contribution >= 0.6 is 0 Å². The predicted molar refractivity (Wildman–Crippen MR) is 86.5 cm³/mol. The Bertz CT molecular complexity index is 403. The van der Waals surface area contributed by atoms with E-state index < -0.39 is 0 Å². The molecular formula is C17H29NO3. The van der Waals surface area contributed by atoms with Gasteiger partial charge in [0.2, 0.25) is 5.75 Å². The van der Waals surface area contributed by atoms with Gasteiger partial charge < -0.3 is 19.9 Å². The predicted octanol–water partition coefficient (Wildman–Crippen LogP) is 3.41. The van der Waals surface area contributed by atoms with Crippen LogP contribution in [-0.4, -0.2) is 26.9 Å². The maximum absolute atomic E-state index is 5.97. The number of hydrogen-bond acceptors (Lipinski definition) is 4. The molecule has 120 valence electrons. The van der Waals surface area contributed by atoms with E-state index in [0.717, 1.165) is 24.8 Å². The van der Waals surface area contributed by atoms with Crippen molar-refractivity contribution in [3.05, 3.63) is 17.7 Å². The van der Waals surface area contributed by atoms with E-state index in [1.165, 1.54) is 0 Å². The molecular weight excluding hydrogens is 266 g/mol. The van der Waals surface area contributed by atoms with Gasteiger partial charge >= 0.3 is 0 Å². The van der Waals surface area contributed by atoms with Crippen molar-refractivity contribution in [3.8, 4) is 17.2 Å². The number of methoxy groups -OCH3 is 2. The summed E-state index contributed by atoms with van der Waals surface area (Å²) in [6.45, 7) is 7.01. The normalized spacial score (nSPS) is 12.3. The molecule has 0 saturated heterocycles. The van der Waals surface area contributed by atoms with Crippen molar-refractivity contribution < 1.29 is 14.2 Å². The molecule has 1 atom stereocenters. The van der Waals surface area contributed by atoms with Gasteiger partial charge in [0.1, 0.15) is 0 Å². The van der Waals surface area contributed by atoms with Gasteiger partial charge in [0.15, 0.2) is 11.5 Å². The van der Waals surface area contributed by atoms with Crippen LogP contribution in [0.3, 0.4) is 0 Å². The zero-order chi connectivity index (χ0) is 15.8. The highest BCUT2D eigenvalue weighted by Crippen LogP contribution is 2.39. The molecule has 2 N–H and O–H groups in total. The summed E-state index contributed by atoms with van der Waals surface area (Å²) in [7, 11) is 3.29. The molecule has 0 heterocycles. The average molecular weight is 295 g/mol. The lowest BCUT2D eigenvalue weighted by Crippen LogP contribution is -2.18. The molecule has 1 unspecified atom stereocenters. The molecule has 1 rings (SSSR count). The van der Waals surface area contributed by atoms with Crippen molar-refractivity contribution in [2.75, 3.05) is 20.8 Å². The van der Waals surface area contributed by atoms with Crippen LogP contribution in [0.5, 0.6) is 17.2 Å². The average Bonchev–Trinajstić information content (AvgIpc) is 2.47. The minimum absolute atomic E-state index is 0.0933. The Morgan fingerprint density at radius 1 is 1.05 bits per heavy atom. The number of ether oxygens (including phenoxy) is 3. The number of rotatable bonds is 9. The molecule has 4 heteroatoms. The summed E-state index contributed by atoms with van der Waals surface area (Å²) < 4.78 is 16.9. The SMILES string of the molecule is CCC(CC)COc1c(OC)cc(CC(C)N)cc1OC. The fraction of sp³-hybridized carbons (Fsp3) is 0.647. The van der Waals surface area contributed by atoms with Crippen LogP contribution in [0.4, 0.5) is 0 Å². The van der Waals surface area contributed by atoms with Crippen molar-refractivity contribution in [1.82, 2.24) is 0 Å². The van der Waals surface area contributed by atoms with Crippen molar-refractivity contribution in [3.63, 3.8) is 0 Å².